The number of amides is 2. The van der Waals surface area contributed by atoms with E-state index in [9.17, 15) is 18.0 Å². The van der Waals surface area contributed by atoms with E-state index in [4.69, 9.17) is 0 Å². The van der Waals surface area contributed by atoms with Crippen LogP contribution in [0, 0.1) is 0 Å². The second-order valence-corrected chi connectivity index (χ2v) is 7.05. The molecular weight excluding hydrogens is 330 g/mol. The number of rotatable bonds is 5. The number of hydrogen-bond donors (Lipinski definition) is 2. The number of hydrogen-bond acceptors (Lipinski definition) is 5. The zero-order valence-corrected chi connectivity index (χ0v) is 13.8. The van der Waals surface area contributed by atoms with Gasteiger partial charge in [-0.25, -0.2) is 8.42 Å². The van der Waals surface area contributed by atoms with Gasteiger partial charge in [-0.05, 0) is 23.8 Å². The van der Waals surface area contributed by atoms with Gasteiger partial charge in [0.05, 0.1) is 4.90 Å². The summed E-state index contributed by atoms with van der Waals surface area (Å²) in [5.41, 5.74) is 0.429. The van der Waals surface area contributed by atoms with Crippen molar-refractivity contribution >= 4 is 21.7 Å². The number of nitrogens with one attached hydrogen (secondary N) is 2. The second-order valence-electron chi connectivity index (χ2n) is 4.92. The van der Waals surface area contributed by atoms with E-state index in [2.05, 4.69) is 15.6 Å². The van der Waals surface area contributed by atoms with Gasteiger partial charge in [-0.15, -0.1) is 0 Å². The Labute approximate surface area is 140 Å². The van der Waals surface area contributed by atoms with E-state index in [-0.39, 0.29) is 11.4 Å². The normalized spacial score (nSPS) is 12.2. The average molecular weight is 347 g/mol. The van der Waals surface area contributed by atoms with Crippen molar-refractivity contribution in [1.82, 2.24) is 15.6 Å². The van der Waals surface area contributed by atoms with Crippen molar-refractivity contribution < 1.29 is 18.0 Å². The standard InChI is InChI=1S/C16H17N3O4S/c1-17-15(20)16(21)19-11-14(12-6-5-9-18-10-12)24(22,23)13-7-3-2-4-8-13/h2-10,14H,11H2,1H3,(H,17,20)(H,19,21)/t14-/m0/s1. The van der Waals surface area contributed by atoms with Crippen molar-refractivity contribution in [2.24, 2.45) is 0 Å². The monoisotopic (exact) mass is 347 g/mol. The Bertz CT molecular complexity index is 808. The SMILES string of the molecule is CNC(=O)C(=O)NC[C@@H](c1cccnc1)S(=O)(=O)c1ccccc1. The molecule has 24 heavy (non-hydrogen) atoms. The number of carbonyl (C=O) groups is 2. The van der Waals surface area contributed by atoms with Crippen molar-refractivity contribution in [3.8, 4) is 0 Å². The number of likely N-dealkylation sites (N-methyl/N-ethyl adjacent to an activating group) is 1. The summed E-state index contributed by atoms with van der Waals surface area (Å²) in [7, 11) is -2.45. The van der Waals surface area contributed by atoms with Crippen molar-refractivity contribution in [2.45, 2.75) is 10.1 Å². The molecule has 1 atom stereocenters. The summed E-state index contributed by atoms with van der Waals surface area (Å²) >= 11 is 0. The molecule has 8 heteroatoms. The van der Waals surface area contributed by atoms with Crippen LogP contribution in [-0.4, -0.2) is 38.8 Å². The zero-order valence-electron chi connectivity index (χ0n) is 13.0. The van der Waals surface area contributed by atoms with E-state index in [0.29, 0.717) is 5.56 Å². The molecule has 0 saturated carbocycles. The molecule has 0 radical (unpaired) electrons. The minimum absolute atomic E-state index is 0.132. The van der Waals surface area contributed by atoms with Gasteiger partial charge in [0.15, 0.2) is 9.84 Å². The second kappa shape index (κ2) is 7.69. The molecule has 1 aromatic heterocycles. The molecular formula is C16H17N3O4S. The van der Waals surface area contributed by atoms with E-state index >= 15 is 0 Å². The van der Waals surface area contributed by atoms with Gasteiger partial charge >= 0.3 is 11.8 Å². The number of aromatic nitrogens is 1. The van der Waals surface area contributed by atoms with Crippen molar-refractivity contribution in [1.29, 1.82) is 0 Å². The first kappa shape index (κ1) is 17.6. The minimum atomic E-state index is -3.77. The maximum Gasteiger partial charge on any atom is 0.309 e. The van der Waals surface area contributed by atoms with Gasteiger partial charge in [-0.3, -0.25) is 14.6 Å². The lowest BCUT2D eigenvalue weighted by Crippen LogP contribution is -2.41. The highest BCUT2D eigenvalue weighted by atomic mass is 32.2. The number of benzene rings is 1. The largest absolute Gasteiger partial charge is 0.351 e. The predicted octanol–water partition coefficient (Wildman–Crippen LogP) is 0.459. The highest BCUT2D eigenvalue weighted by Gasteiger charge is 2.30. The lowest BCUT2D eigenvalue weighted by atomic mass is 10.2. The van der Waals surface area contributed by atoms with Gasteiger partial charge in [-0.2, -0.15) is 0 Å². The molecule has 0 aliphatic heterocycles. The van der Waals surface area contributed by atoms with Crippen LogP contribution < -0.4 is 10.6 Å². The Morgan fingerprint density at radius 2 is 1.79 bits per heavy atom. The molecule has 2 N–H and O–H groups in total. The van der Waals surface area contributed by atoms with Crippen LogP contribution in [0.15, 0.2) is 59.8 Å². The molecule has 0 bridgehead atoms. The zero-order chi connectivity index (χ0) is 17.6. The van der Waals surface area contributed by atoms with Crippen molar-refractivity contribution in [2.75, 3.05) is 13.6 Å². The van der Waals surface area contributed by atoms with E-state index in [1.165, 1.54) is 31.6 Å². The summed E-state index contributed by atoms with van der Waals surface area (Å²) in [4.78, 5) is 27.0. The number of nitrogens with zero attached hydrogens (tertiary/aromatic N) is 1. The molecule has 2 aromatic rings. The summed E-state index contributed by atoms with van der Waals surface area (Å²) in [6.07, 6.45) is 2.95. The van der Waals surface area contributed by atoms with Gasteiger partial charge in [0.25, 0.3) is 0 Å². The number of pyridine rings is 1. The highest BCUT2D eigenvalue weighted by molar-refractivity contribution is 7.91. The third-order valence-corrected chi connectivity index (χ3v) is 5.50. The fraction of sp³-hybridized carbons (Fsp3) is 0.188. The van der Waals surface area contributed by atoms with Crippen LogP contribution in [0.1, 0.15) is 10.8 Å². The van der Waals surface area contributed by atoms with Gasteiger partial charge in [0.1, 0.15) is 5.25 Å². The lowest BCUT2D eigenvalue weighted by Gasteiger charge is -2.18. The summed E-state index contributed by atoms with van der Waals surface area (Å²) in [6, 6.07) is 11.2. The summed E-state index contributed by atoms with van der Waals surface area (Å²) in [6.45, 7) is -0.241. The predicted molar refractivity (Wildman–Crippen MR) is 87.7 cm³/mol. The first-order valence-electron chi connectivity index (χ1n) is 7.15. The summed E-state index contributed by atoms with van der Waals surface area (Å²) in [5, 5.41) is 3.48. The van der Waals surface area contributed by atoms with Crippen LogP contribution in [0.5, 0.6) is 0 Å². The summed E-state index contributed by atoms with van der Waals surface area (Å²) in [5.74, 6) is -1.73. The third kappa shape index (κ3) is 3.96. The van der Waals surface area contributed by atoms with Gasteiger partial charge in [-0.1, -0.05) is 24.3 Å². The fourth-order valence-electron chi connectivity index (χ4n) is 2.13. The molecule has 1 heterocycles. The Hall–Kier alpha value is -2.74. The molecule has 2 rings (SSSR count). The van der Waals surface area contributed by atoms with Gasteiger partial charge in [0, 0.05) is 26.0 Å². The first-order valence-corrected chi connectivity index (χ1v) is 8.70. The molecule has 0 aliphatic carbocycles. The maximum atomic E-state index is 12.9. The van der Waals surface area contributed by atoms with E-state index in [1.807, 2.05) is 0 Å². The Morgan fingerprint density at radius 1 is 1.08 bits per heavy atom. The topological polar surface area (TPSA) is 105 Å². The fourth-order valence-corrected chi connectivity index (χ4v) is 3.79. The average Bonchev–Trinajstić information content (AvgIpc) is 2.62. The van der Waals surface area contributed by atoms with Crippen LogP contribution in [0.4, 0.5) is 0 Å². The molecule has 0 spiro atoms. The lowest BCUT2D eigenvalue weighted by molar-refractivity contribution is -0.138. The quantitative estimate of drug-likeness (QED) is 0.765. The van der Waals surface area contributed by atoms with Crippen LogP contribution in [0.2, 0.25) is 0 Å². The molecule has 0 unspecified atom stereocenters. The molecule has 1 aromatic carbocycles. The minimum Gasteiger partial charge on any atom is -0.351 e. The van der Waals surface area contributed by atoms with Crippen LogP contribution in [0.3, 0.4) is 0 Å². The van der Waals surface area contributed by atoms with E-state index in [1.54, 1.807) is 30.3 Å². The van der Waals surface area contributed by atoms with E-state index < -0.39 is 26.9 Å². The molecule has 7 nitrogen and oxygen atoms in total. The highest BCUT2D eigenvalue weighted by Crippen LogP contribution is 2.27. The van der Waals surface area contributed by atoms with Crippen molar-refractivity contribution in [3.05, 3.63) is 60.4 Å². The molecule has 0 aliphatic rings. The Kier molecular flexibility index (Phi) is 5.64. The van der Waals surface area contributed by atoms with Crippen LogP contribution in [-0.2, 0) is 19.4 Å². The molecule has 126 valence electrons. The smallest absolute Gasteiger partial charge is 0.309 e. The number of sulfone groups is 1. The summed E-state index contributed by atoms with van der Waals surface area (Å²) < 4.78 is 25.8. The maximum absolute atomic E-state index is 12.9. The number of carbonyl (C=O) groups excluding carboxylic acids is 2. The third-order valence-electron chi connectivity index (χ3n) is 3.38. The molecule has 2 amide bonds. The molecule has 0 saturated heterocycles. The van der Waals surface area contributed by atoms with Crippen molar-refractivity contribution in [3.63, 3.8) is 0 Å². The van der Waals surface area contributed by atoms with Gasteiger partial charge in [0.2, 0.25) is 0 Å². The van der Waals surface area contributed by atoms with Gasteiger partial charge < -0.3 is 10.6 Å². The Morgan fingerprint density at radius 3 is 2.38 bits per heavy atom. The first-order chi connectivity index (χ1) is 11.5. The molecule has 0 fully saturated rings. The Balaban J connectivity index is 2.34. The van der Waals surface area contributed by atoms with E-state index in [0.717, 1.165) is 0 Å². The van der Waals surface area contributed by atoms with Crippen LogP contribution >= 0.6 is 0 Å². The van der Waals surface area contributed by atoms with Crippen LogP contribution in [0.25, 0.3) is 0 Å².